The molecule has 0 saturated heterocycles. The van der Waals surface area contributed by atoms with Crippen molar-refractivity contribution in [3.63, 3.8) is 0 Å². The molecule has 0 aliphatic heterocycles. The quantitative estimate of drug-likeness (QED) is 0.845. The van der Waals surface area contributed by atoms with Gasteiger partial charge in [-0.15, -0.1) is 0 Å². The Morgan fingerprint density at radius 3 is 2.88 bits per heavy atom. The Kier molecular flexibility index (Phi) is 3.61. The highest BCUT2D eigenvalue weighted by molar-refractivity contribution is 9.10. The summed E-state index contributed by atoms with van der Waals surface area (Å²) in [6.07, 6.45) is 2.82. The molecule has 0 bridgehead atoms. The Balaban J connectivity index is 2.23. The molecule has 1 fully saturated rings. The summed E-state index contributed by atoms with van der Waals surface area (Å²) in [5, 5.41) is 0. The van der Waals surface area contributed by atoms with Gasteiger partial charge in [0.2, 0.25) is 0 Å². The van der Waals surface area contributed by atoms with Crippen LogP contribution in [0.15, 0.2) is 22.7 Å². The van der Waals surface area contributed by atoms with Gasteiger partial charge < -0.3 is 10.5 Å². The van der Waals surface area contributed by atoms with Crippen molar-refractivity contribution in [1.29, 1.82) is 0 Å². The zero-order valence-electron chi connectivity index (χ0n) is 8.91. The van der Waals surface area contributed by atoms with Crippen LogP contribution in [0.2, 0.25) is 0 Å². The topological polar surface area (TPSA) is 52.3 Å². The summed E-state index contributed by atoms with van der Waals surface area (Å²) in [4.78, 5) is 11.8. The summed E-state index contributed by atoms with van der Waals surface area (Å²) in [6, 6.07) is 5.53. The third kappa shape index (κ3) is 2.83. The van der Waals surface area contributed by atoms with Crippen LogP contribution in [0, 0.1) is 0 Å². The van der Waals surface area contributed by atoms with Crippen LogP contribution in [-0.2, 0) is 0 Å². The predicted octanol–water partition coefficient (Wildman–Crippen LogP) is 2.52. The standard InChI is InChI=1S/C12H14BrNO2/c13-8-1-4-12(16-9-2-3-9)10(7-8)11(15)5-6-14/h1,4,7,9H,2-3,5-6,14H2. The van der Waals surface area contributed by atoms with Crippen molar-refractivity contribution >= 4 is 21.7 Å². The molecule has 1 aromatic carbocycles. The van der Waals surface area contributed by atoms with Gasteiger partial charge in [-0.3, -0.25) is 4.79 Å². The third-order valence-electron chi connectivity index (χ3n) is 2.43. The Hall–Kier alpha value is -0.870. The molecule has 16 heavy (non-hydrogen) atoms. The lowest BCUT2D eigenvalue weighted by atomic mass is 10.1. The molecular formula is C12H14BrNO2. The second kappa shape index (κ2) is 4.97. The van der Waals surface area contributed by atoms with Crippen molar-refractivity contribution in [2.75, 3.05) is 6.54 Å². The zero-order chi connectivity index (χ0) is 11.5. The minimum absolute atomic E-state index is 0.0412. The van der Waals surface area contributed by atoms with Crippen molar-refractivity contribution in [2.45, 2.75) is 25.4 Å². The van der Waals surface area contributed by atoms with Crippen molar-refractivity contribution < 1.29 is 9.53 Å². The van der Waals surface area contributed by atoms with E-state index < -0.39 is 0 Å². The summed E-state index contributed by atoms with van der Waals surface area (Å²) in [5.41, 5.74) is 6.03. The minimum atomic E-state index is 0.0412. The van der Waals surface area contributed by atoms with E-state index in [4.69, 9.17) is 10.5 Å². The van der Waals surface area contributed by atoms with E-state index in [2.05, 4.69) is 15.9 Å². The molecule has 1 aliphatic carbocycles. The molecule has 1 aromatic rings. The smallest absolute Gasteiger partial charge is 0.167 e. The molecule has 0 unspecified atom stereocenters. The van der Waals surface area contributed by atoms with Crippen LogP contribution in [-0.4, -0.2) is 18.4 Å². The van der Waals surface area contributed by atoms with Crippen LogP contribution in [0.1, 0.15) is 29.6 Å². The van der Waals surface area contributed by atoms with Gasteiger partial charge in [0, 0.05) is 10.9 Å². The van der Waals surface area contributed by atoms with Crippen molar-refractivity contribution in [1.82, 2.24) is 0 Å². The molecule has 86 valence electrons. The Morgan fingerprint density at radius 2 is 2.25 bits per heavy atom. The Morgan fingerprint density at radius 1 is 1.50 bits per heavy atom. The fraction of sp³-hybridized carbons (Fsp3) is 0.417. The largest absolute Gasteiger partial charge is 0.490 e. The van der Waals surface area contributed by atoms with E-state index in [1.165, 1.54) is 0 Å². The number of ketones is 1. The molecule has 1 saturated carbocycles. The minimum Gasteiger partial charge on any atom is -0.490 e. The first-order valence-electron chi connectivity index (χ1n) is 5.40. The molecule has 0 heterocycles. The van der Waals surface area contributed by atoms with E-state index in [1.54, 1.807) is 6.07 Å². The van der Waals surface area contributed by atoms with Gasteiger partial charge in [-0.25, -0.2) is 0 Å². The fourth-order valence-electron chi connectivity index (χ4n) is 1.45. The molecule has 2 N–H and O–H groups in total. The van der Waals surface area contributed by atoms with E-state index >= 15 is 0 Å². The summed E-state index contributed by atoms with van der Waals surface area (Å²) in [5.74, 6) is 0.726. The van der Waals surface area contributed by atoms with Crippen molar-refractivity contribution in [3.8, 4) is 5.75 Å². The van der Waals surface area contributed by atoms with Crippen LogP contribution in [0.5, 0.6) is 5.75 Å². The number of nitrogens with two attached hydrogens (primary N) is 1. The van der Waals surface area contributed by atoms with Gasteiger partial charge in [-0.1, -0.05) is 15.9 Å². The number of carbonyl (C=O) groups excluding carboxylic acids is 1. The lowest BCUT2D eigenvalue weighted by molar-refractivity contribution is 0.0981. The maximum absolute atomic E-state index is 11.8. The van der Waals surface area contributed by atoms with Gasteiger partial charge in [0.05, 0.1) is 11.7 Å². The number of halogens is 1. The number of carbonyl (C=O) groups is 1. The van der Waals surface area contributed by atoms with E-state index in [0.29, 0.717) is 30.4 Å². The molecule has 2 rings (SSSR count). The van der Waals surface area contributed by atoms with Gasteiger partial charge in [0.25, 0.3) is 0 Å². The number of hydrogen-bond acceptors (Lipinski definition) is 3. The molecule has 0 radical (unpaired) electrons. The third-order valence-corrected chi connectivity index (χ3v) is 2.92. The highest BCUT2D eigenvalue weighted by atomic mass is 79.9. The lowest BCUT2D eigenvalue weighted by Gasteiger charge is -2.10. The summed E-state index contributed by atoms with van der Waals surface area (Å²) in [7, 11) is 0. The lowest BCUT2D eigenvalue weighted by Crippen LogP contribution is -2.10. The average molecular weight is 284 g/mol. The van der Waals surface area contributed by atoms with Crippen LogP contribution < -0.4 is 10.5 Å². The highest BCUT2D eigenvalue weighted by Crippen LogP contribution is 2.31. The summed E-state index contributed by atoms with van der Waals surface area (Å²) in [6.45, 7) is 0.369. The van der Waals surface area contributed by atoms with E-state index in [1.807, 2.05) is 12.1 Å². The van der Waals surface area contributed by atoms with E-state index in [0.717, 1.165) is 17.3 Å². The van der Waals surface area contributed by atoms with Crippen LogP contribution in [0.4, 0.5) is 0 Å². The maximum atomic E-state index is 11.8. The number of Topliss-reactive ketones (excluding diaryl/α,β-unsaturated/α-hetero) is 1. The van der Waals surface area contributed by atoms with Crippen molar-refractivity contribution in [2.24, 2.45) is 5.73 Å². The molecule has 0 aromatic heterocycles. The predicted molar refractivity (Wildman–Crippen MR) is 65.8 cm³/mol. The molecule has 3 nitrogen and oxygen atoms in total. The van der Waals surface area contributed by atoms with Crippen molar-refractivity contribution in [3.05, 3.63) is 28.2 Å². The van der Waals surface area contributed by atoms with Crippen LogP contribution in [0.25, 0.3) is 0 Å². The van der Waals surface area contributed by atoms with Crippen LogP contribution in [0.3, 0.4) is 0 Å². The monoisotopic (exact) mass is 283 g/mol. The second-order valence-corrected chi connectivity index (χ2v) is 4.84. The molecule has 0 amide bonds. The highest BCUT2D eigenvalue weighted by Gasteiger charge is 2.25. The van der Waals surface area contributed by atoms with Gasteiger partial charge in [-0.2, -0.15) is 0 Å². The molecule has 0 spiro atoms. The zero-order valence-corrected chi connectivity index (χ0v) is 10.5. The summed E-state index contributed by atoms with van der Waals surface area (Å²) >= 11 is 3.36. The number of ether oxygens (including phenoxy) is 1. The Bertz CT molecular complexity index is 402. The Labute approximate surface area is 103 Å². The first-order chi connectivity index (χ1) is 7.70. The van der Waals surface area contributed by atoms with Gasteiger partial charge in [0.15, 0.2) is 5.78 Å². The fourth-order valence-corrected chi connectivity index (χ4v) is 1.82. The van der Waals surface area contributed by atoms with Gasteiger partial charge in [0.1, 0.15) is 5.75 Å². The number of hydrogen-bond donors (Lipinski definition) is 1. The second-order valence-electron chi connectivity index (χ2n) is 3.92. The average Bonchev–Trinajstić information content (AvgIpc) is 3.05. The molecule has 4 heteroatoms. The first kappa shape index (κ1) is 11.6. The van der Waals surface area contributed by atoms with Crippen LogP contribution >= 0.6 is 15.9 Å². The first-order valence-corrected chi connectivity index (χ1v) is 6.19. The van der Waals surface area contributed by atoms with E-state index in [9.17, 15) is 4.79 Å². The number of rotatable bonds is 5. The maximum Gasteiger partial charge on any atom is 0.167 e. The summed E-state index contributed by atoms with van der Waals surface area (Å²) < 4.78 is 6.58. The molecule has 1 aliphatic rings. The normalized spacial score (nSPS) is 14.9. The number of benzene rings is 1. The van der Waals surface area contributed by atoms with Gasteiger partial charge in [-0.05, 0) is 37.6 Å². The SMILES string of the molecule is NCCC(=O)c1cc(Br)ccc1OC1CC1. The van der Waals surface area contributed by atoms with Gasteiger partial charge >= 0.3 is 0 Å². The molecular weight excluding hydrogens is 270 g/mol. The molecule has 0 atom stereocenters. The van der Waals surface area contributed by atoms with E-state index in [-0.39, 0.29) is 5.78 Å².